The van der Waals surface area contributed by atoms with Gasteiger partial charge in [0.1, 0.15) is 5.82 Å². The van der Waals surface area contributed by atoms with E-state index >= 15 is 0 Å². The highest BCUT2D eigenvalue weighted by Crippen LogP contribution is 2.35. The van der Waals surface area contributed by atoms with Crippen LogP contribution in [-0.4, -0.2) is 52.3 Å². The number of likely N-dealkylation sites (tertiary alicyclic amines) is 1. The smallest absolute Gasteiger partial charge is 0.395 e. The molecule has 1 saturated heterocycles. The number of hydrogen-bond acceptors (Lipinski definition) is 5. The highest BCUT2D eigenvalue weighted by Gasteiger charge is 2.34. The fraction of sp³-hybridized carbons (Fsp3) is 0.458. The minimum Gasteiger partial charge on any atom is -0.395 e. The number of nitrogens with zero attached hydrogens (tertiary/aromatic N) is 3. The van der Waals surface area contributed by atoms with Gasteiger partial charge in [-0.25, -0.2) is 4.39 Å². The summed E-state index contributed by atoms with van der Waals surface area (Å²) in [6, 6.07) is 8.30. The number of aliphatic hydroxyl groups is 1. The predicted octanol–water partition coefficient (Wildman–Crippen LogP) is 4.54. The van der Waals surface area contributed by atoms with Crippen molar-refractivity contribution in [2.45, 2.75) is 44.1 Å². The Balaban J connectivity index is 1.20. The number of rotatable bonds is 5. The number of benzene rings is 2. The van der Waals surface area contributed by atoms with Crippen LogP contribution in [0.2, 0.25) is 0 Å². The van der Waals surface area contributed by atoms with Gasteiger partial charge in [0.2, 0.25) is 0 Å². The van der Waals surface area contributed by atoms with Crippen LogP contribution in [0, 0.1) is 5.82 Å². The average Bonchev–Trinajstić information content (AvgIpc) is 3.39. The maximum atomic E-state index is 13.4. The van der Waals surface area contributed by atoms with Crippen molar-refractivity contribution in [1.29, 1.82) is 0 Å². The monoisotopic (exact) mass is 463 g/mol. The predicted molar refractivity (Wildman–Crippen MR) is 114 cm³/mol. The number of hydrogen-bond donors (Lipinski definition) is 1. The Kier molecular flexibility index (Phi) is 5.88. The van der Waals surface area contributed by atoms with E-state index in [-0.39, 0.29) is 24.4 Å². The molecule has 1 aromatic heterocycles. The molecule has 2 aliphatic heterocycles. The summed E-state index contributed by atoms with van der Waals surface area (Å²) in [7, 11) is 0. The number of fused-ring (bicyclic) bond motifs is 2. The van der Waals surface area contributed by atoms with Crippen molar-refractivity contribution in [3.8, 4) is 0 Å². The van der Waals surface area contributed by atoms with Gasteiger partial charge in [0, 0.05) is 43.0 Å². The van der Waals surface area contributed by atoms with E-state index in [4.69, 9.17) is 4.52 Å². The van der Waals surface area contributed by atoms with Crippen LogP contribution in [0.3, 0.4) is 0 Å². The Morgan fingerprint density at radius 3 is 2.55 bits per heavy atom. The van der Waals surface area contributed by atoms with Crippen molar-refractivity contribution in [2.75, 3.05) is 26.2 Å². The number of aliphatic hydroxyl groups excluding tert-OH is 1. The Morgan fingerprint density at radius 1 is 1.06 bits per heavy atom. The summed E-state index contributed by atoms with van der Waals surface area (Å²) in [4.78, 5) is 4.33. The summed E-state index contributed by atoms with van der Waals surface area (Å²) in [5.41, 5.74) is 2.29. The third-order valence-corrected chi connectivity index (χ3v) is 6.90. The molecule has 0 spiro atoms. The second-order valence-corrected chi connectivity index (χ2v) is 9.01. The maximum Gasteiger partial charge on any atom is 0.416 e. The molecule has 0 bridgehead atoms. The molecular formula is C24H25F4N3O2. The SMILES string of the molecule is OCC(CN1Cc2ccc(C(F)(F)F)cc2C1)N1CCC(c2noc3cc(F)ccc23)CC1. The van der Waals surface area contributed by atoms with Crippen molar-refractivity contribution in [3.63, 3.8) is 0 Å². The van der Waals surface area contributed by atoms with E-state index in [0.717, 1.165) is 48.6 Å². The molecule has 3 heterocycles. The molecule has 2 aliphatic rings. The first-order valence-electron chi connectivity index (χ1n) is 11.1. The zero-order valence-corrected chi connectivity index (χ0v) is 18.0. The van der Waals surface area contributed by atoms with Crippen LogP contribution >= 0.6 is 0 Å². The van der Waals surface area contributed by atoms with Crippen LogP contribution in [-0.2, 0) is 19.3 Å². The Hall–Kier alpha value is -2.49. The zero-order chi connectivity index (χ0) is 23.2. The third kappa shape index (κ3) is 4.49. The van der Waals surface area contributed by atoms with Crippen LogP contribution in [0.25, 0.3) is 11.0 Å². The first kappa shape index (κ1) is 22.3. The average molecular weight is 463 g/mol. The van der Waals surface area contributed by atoms with Gasteiger partial charge in [-0.15, -0.1) is 0 Å². The van der Waals surface area contributed by atoms with Crippen molar-refractivity contribution < 1.29 is 27.2 Å². The maximum absolute atomic E-state index is 13.4. The summed E-state index contributed by atoms with van der Waals surface area (Å²) < 4.78 is 57.8. The van der Waals surface area contributed by atoms with E-state index in [2.05, 4.69) is 15.0 Å². The van der Waals surface area contributed by atoms with Crippen LogP contribution in [0.4, 0.5) is 17.6 Å². The van der Waals surface area contributed by atoms with Crippen LogP contribution < -0.4 is 0 Å². The molecule has 3 aromatic rings. The molecule has 1 N–H and O–H groups in total. The molecule has 1 unspecified atom stereocenters. The van der Waals surface area contributed by atoms with Gasteiger partial charge in [-0.3, -0.25) is 9.80 Å². The van der Waals surface area contributed by atoms with Gasteiger partial charge in [0.05, 0.1) is 17.9 Å². The third-order valence-electron chi connectivity index (χ3n) is 6.90. The molecule has 0 amide bonds. The van der Waals surface area contributed by atoms with Gasteiger partial charge < -0.3 is 9.63 Å². The molecule has 2 aromatic carbocycles. The normalized spacial score (nSPS) is 19.3. The number of aromatic nitrogens is 1. The molecule has 1 fully saturated rings. The van der Waals surface area contributed by atoms with Gasteiger partial charge in [-0.2, -0.15) is 13.2 Å². The Bertz CT molecular complexity index is 1140. The lowest BCUT2D eigenvalue weighted by atomic mass is 9.91. The number of piperidine rings is 1. The molecule has 0 radical (unpaired) electrons. The van der Waals surface area contributed by atoms with Crippen LogP contribution in [0.1, 0.15) is 41.1 Å². The molecule has 9 heteroatoms. The fourth-order valence-electron chi connectivity index (χ4n) is 5.12. The van der Waals surface area contributed by atoms with Gasteiger partial charge >= 0.3 is 6.18 Å². The van der Waals surface area contributed by atoms with Gasteiger partial charge in [-0.05, 0) is 61.3 Å². The van der Waals surface area contributed by atoms with Gasteiger partial charge in [-0.1, -0.05) is 11.2 Å². The molecule has 176 valence electrons. The number of alkyl halides is 3. The van der Waals surface area contributed by atoms with Crippen molar-refractivity contribution in [1.82, 2.24) is 15.0 Å². The molecule has 0 aliphatic carbocycles. The van der Waals surface area contributed by atoms with E-state index in [1.54, 1.807) is 12.1 Å². The summed E-state index contributed by atoms with van der Waals surface area (Å²) in [6.45, 7) is 3.14. The van der Waals surface area contributed by atoms with Gasteiger partial charge in [0.15, 0.2) is 5.58 Å². The number of halogens is 4. The minimum absolute atomic E-state index is 0.0164. The second kappa shape index (κ2) is 8.70. The molecule has 5 rings (SSSR count). The molecule has 1 atom stereocenters. The lowest BCUT2D eigenvalue weighted by molar-refractivity contribution is -0.137. The second-order valence-electron chi connectivity index (χ2n) is 9.01. The van der Waals surface area contributed by atoms with Crippen LogP contribution in [0.5, 0.6) is 0 Å². The summed E-state index contributed by atoms with van der Waals surface area (Å²) in [6.07, 6.45) is -2.67. The largest absolute Gasteiger partial charge is 0.416 e. The highest BCUT2D eigenvalue weighted by atomic mass is 19.4. The van der Waals surface area contributed by atoms with Crippen molar-refractivity contribution >= 4 is 11.0 Å². The quantitative estimate of drug-likeness (QED) is 0.563. The van der Waals surface area contributed by atoms with E-state index < -0.39 is 11.7 Å². The first-order chi connectivity index (χ1) is 15.8. The van der Waals surface area contributed by atoms with E-state index in [1.807, 2.05) is 0 Å². The molecule has 33 heavy (non-hydrogen) atoms. The first-order valence-corrected chi connectivity index (χ1v) is 11.1. The summed E-state index contributed by atoms with van der Waals surface area (Å²) >= 11 is 0. The molecule has 0 saturated carbocycles. The zero-order valence-electron chi connectivity index (χ0n) is 18.0. The molecular weight excluding hydrogens is 438 g/mol. The summed E-state index contributed by atoms with van der Waals surface area (Å²) in [5.74, 6) is -0.159. The lowest BCUT2D eigenvalue weighted by Crippen LogP contribution is -2.48. The van der Waals surface area contributed by atoms with Crippen molar-refractivity contribution in [3.05, 3.63) is 64.6 Å². The topological polar surface area (TPSA) is 52.7 Å². The highest BCUT2D eigenvalue weighted by molar-refractivity contribution is 5.79. The van der Waals surface area contributed by atoms with E-state index in [0.29, 0.717) is 30.8 Å². The van der Waals surface area contributed by atoms with Gasteiger partial charge in [0.25, 0.3) is 0 Å². The Labute approximate surface area is 188 Å². The van der Waals surface area contributed by atoms with Crippen LogP contribution in [0.15, 0.2) is 40.9 Å². The van der Waals surface area contributed by atoms with E-state index in [9.17, 15) is 22.7 Å². The fourth-order valence-corrected chi connectivity index (χ4v) is 5.12. The minimum atomic E-state index is -4.34. The van der Waals surface area contributed by atoms with Crippen molar-refractivity contribution in [2.24, 2.45) is 0 Å². The Morgan fingerprint density at radius 2 is 1.82 bits per heavy atom. The van der Waals surface area contributed by atoms with E-state index in [1.165, 1.54) is 18.2 Å². The standard InChI is InChI=1S/C24H25F4N3O2/c25-19-3-4-21-22(10-19)33-29-23(21)15-5-7-31(8-6-15)20(14-32)13-30-11-16-1-2-18(24(26,27)28)9-17(16)12-30/h1-4,9-10,15,20,32H,5-8,11-14H2. The summed E-state index contributed by atoms with van der Waals surface area (Å²) in [5, 5.41) is 15.1. The lowest BCUT2D eigenvalue weighted by Gasteiger charge is -2.38. The molecule has 5 nitrogen and oxygen atoms in total.